The summed E-state index contributed by atoms with van der Waals surface area (Å²) in [5, 5.41) is 10.2. The Kier molecular flexibility index (Phi) is 9.64. The number of hydrogen-bond donors (Lipinski definition) is 0. The van der Waals surface area contributed by atoms with Crippen molar-refractivity contribution < 1.29 is 19.1 Å². The molecule has 4 heterocycles. The molecule has 3 saturated heterocycles. The first-order valence-electron chi connectivity index (χ1n) is 15.1. The van der Waals surface area contributed by atoms with Crippen LogP contribution in [-0.2, 0) is 9.53 Å². The maximum atomic E-state index is 13.4. The zero-order valence-electron chi connectivity index (χ0n) is 25.4. The van der Waals surface area contributed by atoms with E-state index in [1.165, 1.54) is 11.3 Å². The molecule has 0 N–H and O–H groups in total. The number of ether oxygens (including phenoxy) is 1. The van der Waals surface area contributed by atoms with Gasteiger partial charge in [-0.25, -0.2) is 4.79 Å². The van der Waals surface area contributed by atoms with Gasteiger partial charge in [-0.15, -0.1) is 11.3 Å². The Bertz CT molecular complexity index is 1420. The monoisotopic (exact) mass is 625 g/mol. The zero-order chi connectivity index (χ0) is 30.8. The molecule has 3 fully saturated rings. The van der Waals surface area contributed by atoms with Gasteiger partial charge >= 0.3 is 6.09 Å². The molecular formula is C32H40ClN5O4S. The summed E-state index contributed by atoms with van der Waals surface area (Å²) in [4.78, 5) is 48.1. The van der Waals surface area contributed by atoms with E-state index in [9.17, 15) is 19.6 Å². The van der Waals surface area contributed by atoms with Gasteiger partial charge in [-0.05, 0) is 63.3 Å². The second-order valence-corrected chi connectivity index (χ2v) is 13.9. The first-order chi connectivity index (χ1) is 20.5. The molecule has 1 aromatic heterocycles. The second kappa shape index (κ2) is 13.2. The lowest BCUT2D eigenvalue weighted by Crippen LogP contribution is -2.43. The van der Waals surface area contributed by atoms with Gasteiger partial charge in [0.05, 0.1) is 11.1 Å². The molecule has 2 aromatic rings. The molecule has 2 unspecified atom stereocenters. The number of likely N-dealkylation sites (tertiary alicyclic amines) is 3. The van der Waals surface area contributed by atoms with Crippen molar-refractivity contribution in [1.29, 1.82) is 5.26 Å². The Morgan fingerprint density at radius 2 is 1.72 bits per heavy atom. The fourth-order valence-corrected chi connectivity index (χ4v) is 7.87. The highest BCUT2D eigenvalue weighted by atomic mass is 35.5. The number of carbonyl (C=O) groups excluding carboxylic acids is 3. The summed E-state index contributed by atoms with van der Waals surface area (Å²) in [5.41, 5.74) is 2.75. The Morgan fingerprint density at radius 3 is 2.33 bits per heavy atom. The van der Waals surface area contributed by atoms with Crippen molar-refractivity contribution >= 4 is 46.5 Å². The van der Waals surface area contributed by atoms with Crippen LogP contribution in [0.5, 0.6) is 0 Å². The minimum atomic E-state index is -0.385. The van der Waals surface area contributed by atoms with E-state index >= 15 is 0 Å². The van der Waals surface area contributed by atoms with Crippen molar-refractivity contribution in [3.63, 3.8) is 0 Å². The lowest BCUT2D eigenvalue weighted by Gasteiger charge is -2.32. The van der Waals surface area contributed by atoms with Crippen LogP contribution in [-0.4, -0.2) is 91.1 Å². The van der Waals surface area contributed by atoms with Crippen LogP contribution in [0.3, 0.4) is 0 Å². The minimum absolute atomic E-state index is 0.0165. The van der Waals surface area contributed by atoms with Crippen molar-refractivity contribution in [2.24, 2.45) is 11.8 Å². The molecule has 230 valence electrons. The number of amides is 3. The summed E-state index contributed by atoms with van der Waals surface area (Å²) in [6, 6.07) is 7.86. The third-order valence-electron chi connectivity index (χ3n) is 9.13. The quantitative estimate of drug-likeness (QED) is 0.417. The fourth-order valence-electron chi connectivity index (χ4n) is 6.70. The summed E-state index contributed by atoms with van der Waals surface area (Å²) in [7, 11) is 0. The molecule has 0 bridgehead atoms. The van der Waals surface area contributed by atoms with Crippen LogP contribution in [0.1, 0.15) is 57.4 Å². The van der Waals surface area contributed by atoms with E-state index in [1.54, 1.807) is 16.7 Å². The number of rotatable bonds is 7. The van der Waals surface area contributed by atoms with Crippen LogP contribution in [0.15, 0.2) is 18.2 Å². The van der Waals surface area contributed by atoms with Gasteiger partial charge < -0.3 is 19.4 Å². The SMILES string of the molecule is CC(=O)N1CCC(OC(=O)N(CCCN2CC3CN(C(=O)c4c(C)sc(C)c4C#N)CC3C2)c2ccc(C)c(Cl)c2)CC1. The Morgan fingerprint density at radius 1 is 1.05 bits per heavy atom. The molecule has 9 nitrogen and oxygen atoms in total. The lowest BCUT2D eigenvalue weighted by atomic mass is 10.0. The molecule has 43 heavy (non-hydrogen) atoms. The standard InChI is InChI=1S/C32H40ClN5O4S/c1-20-6-7-26(14-29(20)33)38(32(41)42-27-8-12-36(13-9-27)23(4)39)11-5-10-35-16-24-18-37(19-25(24)17-35)31(40)30-22(3)43-21(2)28(30)15-34/h6-7,14,24-25,27H,5,8-13,16-19H2,1-4H3. The number of carbonyl (C=O) groups is 3. The summed E-state index contributed by atoms with van der Waals surface area (Å²) in [5.74, 6) is 0.851. The third kappa shape index (κ3) is 6.84. The normalized spacial score (nSPS) is 20.7. The number of benzene rings is 1. The van der Waals surface area contributed by atoms with Gasteiger partial charge in [0.1, 0.15) is 12.2 Å². The van der Waals surface area contributed by atoms with Crippen molar-refractivity contribution in [2.75, 3.05) is 57.3 Å². The number of aryl methyl sites for hydroxylation is 3. The first-order valence-corrected chi connectivity index (χ1v) is 16.3. The molecule has 3 aliphatic heterocycles. The number of halogens is 1. The van der Waals surface area contributed by atoms with Crippen LogP contribution in [0, 0.1) is 43.9 Å². The molecule has 11 heteroatoms. The smallest absolute Gasteiger partial charge is 0.414 e. The van der Waals surface area contributed by atoms with E-state index in [2.05, 4.69) is 11.0 Å². The molecule has 3 amide bonds. The van der Waals surface area contributed by atoms with Crippen molar-refractivity contribution in [1.82, 2.24) is 14.7 Å². The molecule has 0 radical (unpaired) electrons. The summed E-state index contributed by atoms with van der Waals surface area (Å²) in [6.07, 6.45) is 1.43. The number of fused-ring (bicyclic) bond motifs is 1. The van der Waals surface area contributed by atoms with Crippen LogP contribution >= 0.6 is 22.9 Å². The average molecular weight is 626 g/mol. The molecule has 0 spiro atoms. The van der Waals surface area contributed by atoms with Gasteiger partial charge in [0.25, 0.3) is 5.91 Å². The summed E-state index contributed by atoms with van der Waals surface area (Å²) >= 11 is 7.94. The maximum Gasteiger partial charge on any atom is 0.414 e. The Hall–Kier alpha value is -3.13. The van der Waals surface area contributed by atoms with E-state index in [1.807, 2.05) is 43.9 Å². The zero-order valence-corrected chi connectivity index (χ0v) is 27.0. The van der Waals surface area contributed by atoms with Gasteiger partial charge in [-0.2, -0.15) is 5.26 Å². The Balaban J connectivity index is 1.15. The number of nitrogens with zero attached hydrogens (tertiary/aromatic N) is 5. The number of piperidine rings is 1. The number of thiophene rings is 1. The number of nitriles is 1. The van der Waals surface area contributed by atoms with E-state index in [0.717, 1.165) is 41.4 Å². The predicted octanol–water partition coefficient (Wildman–Crippen LogP) is 5.25. The third-order valence-corrected chi connectivity index (χ3v) is 10.6. The highest BCUT2D eigenvalue weighted by Crippen LogP contribution is 2.35. The van der Waals surface area contributed by atoms with Gasteiger partial charge in [0.2, 0.25) is 5.91 Å². The Labute approximate surface area is 262 Å². The van der Waals surface area contributed by atoms with Crippen LogP contribution in [0.25, 0.3) is 0 Å². The van der Waals surface area contributed by atoms with Gasteiger partial charge in [-0.1, -0.05) is 17.7 Å². The molecule has 0 aliphatic carbocycles. The maximum absolute atomic E-state index is 13.4. The molecule has 3 aliphatic rings. The minimum Gasteiger partial charge on any atom is -0.446 e. The lowest BCUT2D eigenvalue weighted by molar-refractivity contribution is -0.130. The largest absolute Gasteiger partial charge is 0.446 e. The first kappa shape index (κ1) is 31.3. The number of anilines is 1. The molecule has 2 atom stereocenters. The van der Waals surface area contributed by atoms with Crippen LogP contribution < -0.4 is 4.90 Å². The molecule has 5 rings (SSSR count). The molecule has 1 aromatic carbocycles. The van der Waals surface area contributed by atoms with E-state index in [0.29, 0.717) is 79.2 Å². The second-order valence-electron chi connectivity index (χ2n) is 12.1. The van der Waals surface area contributed by atoms with E-state index in [-0.39, 0.29) is 24.0 Å². The van der Waals surface area contributed by atoms with Gasteiger partial charge in [0.15, 0.2) is 0 Å². The van der Waals surface area contributed by atoms with Crippen LogP contribution in [0.4, 0.5) is 10.5 Å². The molecule has 0 saturated carbocycles. The average Bonchev–Trinajstić information content (AvgIpc) is 3.63. The van der Waals surface area contributed by atoms with Gasteiger partial charge in [0, 0.05) is 86.0 Å². The van der Waals surface area contributed by atoms with Crippen molar-refractivity contribution in [3.8, 4) is 6.07 Å². The number of hydrogen-bond acceptors (Lipinski definition) is 7. The summed E-state index contributed by atoms with van der Waals surface area (Å²) in [6.45, 7) is 13.1. The van der Waals surface area contributed by atoms with Gasteiger partial charge in [-0.3, -0.25) is 14.5 Å². The van der Waals surface area contributed by atoms with Crippen molar-refractivity contribution in [2.45, 2.75) is 53.1 Å². The van der Waals surface area contributed by atoms with Crippen LogP contribution in [0.2, 0.25) is 5.02 Å². The van der Waals surface area contributed by atoms with E-state index in [4.69, 9.17) is 16.3 Å². The summed E-state index contributed by atoms with van der Waals surface area (Å²) < 4.78 is 5.92. The van der Waals surface area contributed by atoms with Crippen molar-refractivity contribution in [3.05, 3.63) is 49.7 Å². The molecular weight excluding hydrogens is 586 g/mol. The fraction of sp³-hybridized carbons (Fsp3) is 0.562. The highest BCUT2D eigenvalue weighted by Gasteiger charge is 2.42. The predicted molar refractivity (Wildman–Crippen MR) is 168 cm³/mol. The topological polar surface area (TPSA) is 97.2 Å². The highest BCUT2D eigenvalue weighted by molar-refractivity contribution is 7.12. The van der Waals surface area contributed by atoms with E-state index < -0.39 is 0 Å².